The lowest BCUT2D eigenvalue weighted by Crippen LogP contribution is -2.47. The van der Waals surface area contributed by atoms with Crippen molar-refractivity contribution in [2.24, 2.45) is 4.99 Å². The molecule has 1 aliphatic rings. The van der Waals surface area contributed by atoms with Crippen LogP contribution in [0.2, 0.25) is 0 Å². The van der Waals surface area contributed by atoms with E-state index in [-0.39, 0.29) is 35.1 Å². The molecule has 1 saturated heterocycles. The quantitative estimate of drug-likeness (QED) is 0.236. The summed E-state index contributed by atoms with van der Waals surface area (Å²) >= 11 is 0. The Kier molecular flexibility index (Phi) is 9.48. The Morgan fingerprint density at radius 2 is 1.82 bits per heavy atom. The first-order valence-electron chi connectivity index (χ1n) is 8.77. The number of benzene rings is 1. The summed E-state index contributed by atoms with van der Waals surface area (Å²) in [5.41, 5.74) is -0.804. The van der Waals surface area contributed by atoms with Gasteiger partial charge in [0.05, 0.1) is 11.2 Å². The first-order valence-corrected chi connectivity index (χ1v) is 8.77. The summed E-state index contributed by atoms with van der Waals surface area (Å²) in [4.78, 5) is 16.1. The minimum atomic E-state index is -4.41. The van der Waals surface area contributed by atoms with E-state index < -0.39 is 17.6 Å². The van der Waals surface area contributed by atoms with Gasteiger partial charge in [-0.2, -0.15) is 13.2 Å². The molecule has 1 fully saturated rings. The number of hydrogen-bond donors (Lipinski definition) is 3. The number of hydrogen-bond acceptors (Lipinski definition) is 3. The van der Waals surface area contributed by atoms with Crippen LogP contribution in [0.15, 0.2) is 29.3 Å². The molecule has 2 rings (SSSR count). The molecule has 0 aromatic heterocycles. The van der Waals surface area contributed by atoms with Crippen molar-refractivity contribution in [2.75, 3.05) is 33.3 Å². The van der Waals surface area contributed by atoms with E-state index in [2.05, 4.69) is 20.9 Å². The third-order valence-electron chi connectivity index (χ3n) is 4.33. The molecule has 1 heterocycles. The highest BCUT2D eigenvalue weighted by Gasteiger charge is 2.30. The van der Waals surface area contributed by atoms with Crippen LogP contribution in [0, 0.1) is 0 Å². The number of ether oxygens (including phenoxy) is 1. The molecule has 1 aliphatic heterocycles. The molecule has 28 heavy (non-hydrogen) atoms. The van der Waals surface area contributed by atoms with Gasteiger partial charge >= 0.3 is 6.18 Å². The molecular formula is C18H26F3IN4O2. The Bertz CT molecular complexity index is 660. The predicted octanol–water partition coefficient (Wildman–Crippen LogP) is 2.79. The van der Waals surface area contributed by atoms with Crippen molar-refractivity contribution in [3.8, 4) is 0 Å². The average molecular weight is 514 g/mol. The lowest BCUT2D eigenvalue weighted by molar-refractivity contribution is -0.137. The minimum absolute atomic E-state index is 0. The average Bonchev–Trinajstić information content (AvgIpc) is 3.07. The SMILES string of the molecule is CN=C(NCCNC(=O)c1ccc(C(F)(F)F)cc1)NCC1(C)CCCO1.I. The van der Waals surface area contributed by atoms with Crippen LogP contribution in [0.3, 0.4) is 0 Å². The number of carbonyl (C=O) groups is 1. The molecule has 1 unspecified atom stereocenters. The molecule has 6 nitrogen and oxygen atoms in total. The zero-order chi connectivity index (χ0) is 19.9. The van der Waals surface area contributed by atoms with Crippen LogP contribution >= 0.6 is 24.0 Å². The smallest absolute Gasteiger partial charge is 0.373 e. The topological polar surface area (TPSA) is 74.8 Å². The van der Waals surface area contributed by atoms with Crippen LogP contribution in [-0.4, -0.2) is 50.8 Å². The fraction of sp³-hybridized carbons (Fsp3) is 0.556. The van der Waals surface area contributed by atoms with E-state index in [9.17, 15) is 18.0 Å². The first-order chi connectivity index (χ1) is 12.7. The summed E-state index contributed by atoms with van der Waals surface area (Å²) in [6, 6.07) is 4.11. The van der Waals surface area contributed by atoms with E-state index in [1.165, 1.54) is 0 Å². The molecule has 0 radical (unpaired) electrons. The van der Waals surface area contributed by atoms with Gasteiger partial charge in [0.25, 0.3) is 5.91 Å². The zero-order valence-corrected chi connectivity index (χ0v) is 18.2. The maximum absolute atomic E-state index is 12.5. The normalized spacial score (nSPS) is 19.7. The van der Waals surface area contributed by atoms with E-state index in [1.807, 2.05) is 6.92 Å². The van der Waals surface area contributed by atoms with Crippen molar-refractivity contribution in [3.05, 3.63) is 35.4 Å². The largest absolute Gasteiger partial charge is 0.416 e. The molecule has 1 atom stereocenters. The number of nitrogens with one attached hydrogen (secondary N) is 3. The Balaban J connectivity index is 0.00000392. The monoisotopic (exact) mass is 514 g/mol. The van der Waals surface area contributed by atoms with Crippen molar-refractivity contribution >= 4 is 35.8 Å². The molecule has 3 N–H and O–H groups in total. The second kappa shape index (κ2) is 10.8. The van der Waals surface area contributed by atoms with Crippen molar-refractivity contribution in [1.29, 1.82) is 0 Å². The Morgan fingerprint density at radius 3 is 2.36 bits per heavy atom. The van der Waals surface area contributed by atoms with Gasteiger partial charge in [-0.25, -0.2) is 0 Å². The number of halogens is 4. The Morgan fingerprint density at radius 1 is 1.18 bits per heavy atom. The highest BCUT2D eigenvalue weighted by molar-refractivity contribution is 14.0. The van der Waals surface area contributed by atoms with E-state index in [4.69, 9.17) is 4.74 Å². The van der Waals surface area contributed by atoms with Crippen molar-refractivity contribution in [3.63, 3.8) is 0 Å². The third-order valence-corrected chi connectivity index (χ3v) is 4.33. The zero-order valence-electron chi connectivity index (χ0n) is 15.9. The fourth-order valence-electron chi connectivity index (χ4n) is 2.74. The van der Waals surface area contributed by atoms with Crippen LogP contribution in [0.5, 0.6) is 0 Å². The third kappa shape index (κ3) is 7.46. The van der Waals surface area contributed by atoms with Crippen LogP contribution in [0.1, 0.15) is 35.7 Å². The standard InChI is InChI=1S/C18H25F3N4O2.HI/c1-17(8-3-11-27-17)12-25-16(22-2)24-10-9-23-15(26)13-4-6-14(7-5-13)18(19,20)21;/h4-7H,3,8-12H2,1-2H3,(H,23,26)(H2,22,24,25);1H. The van der Waals surface area contributed by atoms with Crippen molar-refractivity contribution < 1.29 is 22.7 Å². The van der Waals surface area contributed by atoms with Gasteiger partial charge in [-0.3, -0.25) is 9.79 Å². The van der Waals surface area contributed by atoms with Gasteiger partial charge in [-0.05, 0) is 44.0 Å². The molecule has 158 valence electrons. The molecular weight excluding hydrogens is 488 g/mol. The number of aliphatic imine (C=N–C) groups is 1. The Labute approximate surface area is 179 Å². The summed E-state index contributed by atoms with van der Waals surface area (Å²) in [5, 5.41) is 8.90. The van der Waals surface area contributed by atoms with Gasteiger partial charge in [0.15, 0.2) is 5.96 Å². The second-order valence-electron chi connectivity index (χ2n) is 6.59. The number of alkyl halides is 3. The van der Waals surface area contributed by atoms with Crippen LogP contribution < -0.4 is 16.0 Å². The fourth-order valence-corrected chi connectivity index (χ4v) is 2.74. The summed E-state index contributed by atoms with van der Waals surface area (Å²) in [5.74, 6) is 0.163. The summed E-state index contributed by atoms with van der Waals surface area (Å²) in [6.45, 7) is 4.16. The van der Waals surface area contributed by atoms with E-state index >= 15 is 0 Å². The second-order valence-corrected chi connectivity index (χ2v) is 6.59. The molecule has 1 aromatic carbocycles. The van der Waals surface area contributed by atoms with E-state index in [0.29, 0.717) is 25.6 Å². The van der Waals surface area contributed by atoms with Crippen LogP contribution in [0.25, 0.3) is 0 Å². The summed E-state index contributed by atoms with van der Waals surface area (Å²) in [7, 11) is 1.65. The maximum atomic E-state index is 12.5. The van der Waals surface area contributed by atoms with Gasteiger partial charge in [-0.15, -0.1) is 24.0 Å². The molecule has 0 spiro atoms. The number of carbonyl (C=O) groups excluding carboxylic acids is 1. The molecule has 1 amide bonds. The lowest BCUT2D eigenvalue weighted by Gasteiger charge is -2.24. The number of nitrogens with zero attached hydrogens (tertiary/aromatic N) is 1. The lowest BCUT2D eigenvalue weighted by atomic mass is 10.0. The predicted molar refractivity (Wildman–Crippen MR) is 112 cm³/mol. The van der Waals surface area contributed by atoms with Gasteiger partial charge in [-0.1, -0.05) is 0 Å². The van der Waals surface area contributed by atoms with Gasteiger partial charge in [0, 0.05) is 38.9 Å². The number of amides is 1. The van der Waals surface area contributed by atoms with Crippen molar-refractivity contribution in [1.82, 2.24) is 16.0 Å². The van der Waals surface area contributed by atoms with Gasteiger partial charge in [0.2, 0.25) is 0 Å². The number of guanidine groups is 1. The molecule has 1 aromatic rings. The van der Waals surface area contributed by atoms with Gasteiger partial charge < -0.3 is 20.7 Å². The van der Waals surface area contributed by atoms with E-state index in [1.54, 1.807) is 7.05 Å². The van der Waals surface area contributed by atoms with Crippen LogP contribution in [0.4, 0.5) is 13.2 Å². The molecule has 10 heteroatoms. The number of rotatable bonds is 6. The van der Waals surface area contributed by atoms with Gasteiger partial charge in [0.1, 0.15) is 0 Å². The Hall–Kier alpha value is -1.56. The minimum Gasteiger partial charge on any atom is -0.373 e. The summed E-state index contributed by atoms with van der Waals surface area (Å²) < 4.78 is 43.3. The van der Waals surface area contributed by atoms with Crippen molar-refractivity contribution in [2.45, 2.75) is 31.5 Å². The van der Waals surface area contributed by atoms with E-state index in [0.717, 1.165) is 43.7 Å². The maximum Gasteiger partial charge on any atom is 0.416 e. The highest BCUT2D eigenvalue weighted by atomic mass is 127. The highest BCUT2D eigenvalue weighted by Crippen LogP contribution is 2.29. The molecule has 0 bridgehead atoms. The molecule has 0 saturated carbocycles. The summed E-state index contributed by atoms with van der Waals surface area (Å²) in [6.07, 6.45) is -2.39. The first kappa shape index (κ1) is 24.5. The molecule has 0 aliphatic carbocycles. The van der Waals surface area contributed by atoms with Crippen LogP contribution in [-0.2, 0) is 10.9 Å².